The van der Waals surface area contributed by atoms with E-state index in [0.29, 0.717) is 16.9 Å². The summed E-state index contributed by atoms with van der Waals surface area (Å²) in [6, 6.07) is 1.62. The molecule has 0 aliphatic rings. The van der Waals surface area contributed by atoms with E-state index in [0.717, 1.165) is 12.8 Å². The fraction of sp³-hybridized carbons (Fsp3) is 0.600. The van der Waals surface area contributed by atoms with Gasteiger partial charge in [0.2, 0.25) is 0 Å². The highest BCUT2D eigenvalue weighted by Gasteiger charge is 2.15. The Kier molecular flexibility index (Phi) is 6.33. The number of ether oxygens (including phenoxy) is 1. The minimum atomic E-state index is -0.333. The molecule has 2 N–H and O–H groups in total. The number of unbranched alkanes of at least 4 members (excludes halogenated alkanes) is 3. The highest BCUT2D eigenvalue weighted by molar-refractivity contribution is 5.91. The first-order valence-corrected chi connectivity index (χ1v) is 6.97. The predicted molar refractivity (Wildman–Crippen MR) is 77.0 cm³/mol. The number of rotatable bonds is 7. The molecule has 0 saturated heterocycles. The zero-order valence-corrected chi connectivity index (χ0v) is 12.1. The summed E-state index contributed by atoms with van der Waals surface area (Å²) in [5.41, 5.74) is 7.23. The number of hydrogen-bond acceptors (Lipinski definition) is 4. The maximum absolute atomic E-state index is 12.0. The Balaban J connectivity index is 2.47. The first-order valence-electron chi connectivity index (χ1n) is 6.97. The molecule has 4 heteroatoms. The average molecular weight is 264 g/mol. The molecule has 0 radical (unpaired) electrons. The van der Waals surface area contributed by atoms with Crippen LogP contribution in [0.4, 0.5) is 5.69 Å². The topological polar surface area (TPSA) is 65.2 Å². The van der Waals surface area contributed by atoms with E-state index in [-0.39, 0.29) is 12.1 Å². The first kappa shape index (κ1) is 15.5. The van der Waals surface area contributed by atoms with Gasteiger partial charge in [-0.05, 0) is 32.8 Å². The van der Waals surface area contributed by atoms with E-state index in [4.69, 9.17) is 10.5 Å². The number of aromatic nitrogens is 1. The zero-order valence-electron chi connectivity index (χ0n) is 12.1. The van der Waals surface area contributed by atoms with E-state index in [2.05, 4.69) is 11.9 Å². The quantitative estimate of drug-likeness (QED) is 0.604. The van der Waals surface area contributed by atoms with Crippen molar-refractivity contribution in [3.63, 3.8) is 0 Å². The first-order chi connectivity index (χ1) is 9.04. The van der Waals surface area contributed by atoms with Gasteiger partial charge in [-0.15, -0.1) is 0 Å². The molecule has 19 heavy (non-hydrogen) atoms. The van der Waals surface area contributed by atoms with Gasteiger partial charge in [0.25, 0.3) is 0 Å². The maximum atomic E-state index is 12.0. The standard InChI is InChI=1S/C15H24N2O2/c1-4-5-6-7-8-11(2)19-15(18)14-9-13(16)10-17-12(14)3/h9-11H,4-8,16H2,1-3H3. The minimum Gasteiger partial charge on any atom is -0.459 e. The van der Waals surface area contributed by atoms with Crippen molar-refractivity contribution in [2.24, 2.45) is 0 Å². The van der Waals surface area contributed by atoms with Crippen LogP contribution in [0.25, 0.3) is 0 Å². The molecule has 0 aliphatic heterocycles. The van der Waals surface area contributed by atoms with Gasteiger partial charge >= 0.3 is 5.97 Å². The lowest BCUT2D eigenvalue weighted by molar-refractivity contribution is 0.0318. The summed E-state index contributed by atoms with van der Waals surface area (Å²) >= 11 is 0. The Labute approximate surface area is 115 Å². The monoisotopic (exact) mass is 264 g/mol. The van der Waals surface area contributed by atoms with Crippen LogP contribution in [0.3, 0.4) is 0 Å². The highest BCUT2D eigenvalue weighted by Crippen LogP contribution is 2.14. The van der Waals surface area contributed by atoms with Crippen molar-refractivity contribution in [1.82, 2.24) is 4.98 Å². The van der Waals surface area contributed by atoms with E-state index < -0.39 is 0 Å². The predicted octanol–water partition coefficient (Wildman–Crippen LogP) is 3.49. The zero-order chi connectivity index (χ0) is 14.3. The molecule has 1 aromatic heterocycles. The van der Waals surface area contributed by atoms with E-state index in [1.807, 2.05) is 6.92 Å². The largest absolute Gasteiger partial charge is 0.459 e. The Morgan fingerprint density at radius 1 is 1.42 bits per heavy atom. The normalized spacial score (nSPS) is 12.2. The van der Waals surface area contributed by atoms with Gasteiger partial charge in [0.15, 0.2) is 0 Å². The maximum Gasteiger partial charge on any atom is 0.340 e. The molecule has 0 fully saturated rings. The Hall–Kier alpha value is -1.58. The number of aryl methyl sites for hydroxylation is 1. The average Bonchev–Trinajstić information content (AvgIpc) is 2.37. The summed E-state index contributed by atoms with van der Waals surface area (Å²) in [5.74, 6) is -0.333. The SMILES string of the molecule is CCCCCCC(C)OC(=O)c1cc(N)cnc1C. The van der Waals surface area contributed by atoms with Gasteiger partial charge in [0.05, 0.1) is 29.2 Å². The summed E-state index contributed by atoms with van der Waals surface area (Å²) in [5, 5.41) is 0. The molecule has 106 valence electrons. The fourth-order valence-electron chi connectivity index (χ4n) is 1.92. The molecule has 1 heterocycles. The smallest absolute Gasteiger partial charge is 0.340 e. The second-order valence-electron chi connectivity index (χ2n) is 4.97. The van der Waals surface area contributed by atoms with Crippen LogP contribution in [0.15, 0.2) is 12.3 Å². The summed E-state index contributed by atoms with van der Waals surface area (Å²) < 4.78 is 5.42. The lowest BCUT2D eigenvalue weighted by atomic mass is 10.1. The summed E-state index contributed by atoms with van der Waals surface area (Å²) in [6.07, 6.45) is 7.11. The van der Waals surface area contributed by atoms with Crippen molar-refractivity contribution in [2.45, 2.75) is 59.0 Å². The van der Waals surface area contributed by atoms with Crippen LogP contribution < -0.4 is 5.73 Å². The third-order valence-corrected chi connectivity index (χ3v) is 3.10. The van der Waals surface area contributed by atoms with Crippen molar-refractivity contribution in [1.29, 1.82) is 0 Å². The van der Waals surface area contributed by atoms with Crippen LogP contribution in [0.5, 0.6) is 0 Å². The third kappa shape index (κ3) is 5.28. The van der Waals surface area contributed by atoms with Crippen LogP contribution in [0.2, 0.25) is 0 Å². The molecule has 0 spiro atoms. The van der Waals surface area contributed by atoms with E-state index in [1.165, 1.54) is 19.3 Å². The van der Waals surface area contributed by atoms with E-state index in [9.17, 15) is 4.79 Å². The molecule has 4 nitrogen and oxygen atoms in total. The molecule has 0 aliphatic carbocycles. The molecule has 0 saturated carbocycles. The molecule has 0 bridgehead atoms. The molecule has 1 aromatic rings. The van der Waals surface area contributed by atoms with Crippen molar-refractivity contribution < 1.29 is 9.53 Å². The molecule has 1 atom stereocenters. The molecule has 0 amide bonds. The van der Waals surface area contributed by atoms with E-state index >= 15 is 0 Å². The molecule has 1 unspecified atom stereocenters. The number of hydrogen-bond donors (Lipinski definition) is 1. The summed E-state index contributed by atoms with van der Waals surface area (Å²) in [7, 11) is 0. The number of pyridine rings is 1. The van der Waals surface area contributed by atoms with Crippen LogP contribution >= 0.6 is 0 Å². The number of nitrogen functional groups attached to an aromatic ring is 1. The number of carbonyl (C=O) groups is 1. The number of nitrogens with two attached hydrogens (primary N) is 1. The summed E-state index contributed by atoms with van der Waals surface area (Å²) in [4.78, 5) is 16.1. The van der Waals surface area contributed by atoms with Gasteiger partial charge in [0, 0.05) is 0 Å². The van der Waals surface area contributed by atoms with Crippen molar-refractivity contribution in [2.75, 3.05) is 5.73 Å². The second kappa shape index (κ2) is 7.77. The number of esters is 1. The van der Waals surface area contributed by atoms with Gasteiger partial charge in [0.1, 0.15) is 0 Å². The minimum absolute atomic E-state index is 0.0646. The number of carbonyl (C=O) groups excluding carboxylic acids is 1. The Bertz CT molecular complexity index is 419. The van der Waals surface area contributed by atoms with Gasteiger partial charge in [-0.3, -0.25) is 4.98 Å². The van der Waals surface area contributed by atoms with Crippen LogP contribution in [0.1, 0.15) is 62.0 Å². The number of nitrogens with zero attached hydrogens (tertiary/aromatic N) is 1. The number of anilines is 1. The Morgan fingerprint density at radius 2 is 2.16 bits per heavy atom. The van der Waals surface area contributed by atoms with Gasteiger partial charge < -0.3 is 10.5 Å². The molecule has 1 rings (SSSR count). The van der Waals surface area contributed by atoms with Crippen molar-refractivity contribution in [3.05, 3.63) is 23.5 Å². The van der Waals surface area contributed by atoms with Gasteiger partial charge in [-0.25, -0.2) is 4.79 Å². The summed E-state index contributed by atoms with van der Waals surface area (Å²) in [6.45, 7) is 5.89. The van der Waals surface area contributed by atoms with Crippen LogP contribution in [-0.2, 0) is 4.74 Å². The van der Waals surface area contributed by atoms with Crippen LogP contribution in [0, 0.1) is 6.92 Å². The third-order valence-electron chi connectivity index (χ3n) is 3.10. The van der Waals surface area contributed by atoms with Crippen molar-refractivity contribution >= 4 is 11.7 Å². The lowest BCUT2D eigenvalue weighted by Gasteiger charge is -2.14. The second-order valence-corrected chi connectivity index (χ2v) is 4.97. The highest BCUT2D eigenvalue weighted by atomic mass is 16.5. The van der Waals surface area contributed by atoms with Crippen molar-refractivity contribution in [3.8, 4) is 0 Å². The van der Waals surface area contributed by atoms with E-state index in [1.54, 1.807) is 19.2 Å². The molecule has 0 aromatic carbocycles. The molecular weight excluding hydrogens is 240 g/mol. The lowest BCUT2D eigenvalue weighted by Crippen LogP contribution is -2.16. The van der Waals surface area contributed by atoms with Gasteiger partial charge in [-0.1, -0.05) is 26.2 Å². The Morgan fingerprint density at radius 3 is 2.84 bits per heavy atom. The fourth-order valence-corrected chi connectivity index (χ4v) is 1.92. The molecular formula is C15H24N2O2. The van der Waals surface area contributed by atoms with Crippen LogP contribution in [-0.4, -0.2) is 17.1 Å². The van der Waals surface area contributed by atoms with Gasteiger partial charge in [-0.2, -0.15) is 0 Å².